The fourth-order valence-corrected chi connectivity index (χ4v) is 2.28. The fourth-order valence-electron chi connectivity index (χ4n) is 2.28. The van der Waals surface area contributed by atoms with Crippen molar-refractivity contribution < 1.29 is 9.13 Å². The molecule has 0 spiro atoms. The number of rotatable bonds is 5. The van der Waals surface area contributed by atoms with Gasteiger partial charge in [0.05, 0.1) is 19.3 Å². The van der Waals surface area contributed by atoms with Gasteiger partial charge >= 0.3 is 0 Å². The molecule has 20 heavy (non-hydrogen) atoms. The zero-order valence-corrected chi connectivity index (χ0v) is 12.0. The van der Waals surface area contributed by atoms with Crippen molar-refractivity contribution in [3.63, 3.8) is 0 Å². The van der Waals surface area contributed by atoms with Crippen LogP contribution in [0.4, 0.5) is 4.39 Å². The number of methoxy groups -OCH3 is 1. The number of halogens is 1. The first kappa shape index (κ1) is 14.5. The first-order valence-electron chi connectivity index (χ1n) is 6.64. The molecule has 3 nitrogen and oxygen atoms in total. The number of hydrogen-bond donors (Lipinski definition) is 1. The maximum atomic E-state index is 13.3. The number of aryl methyl sites for hydroxylation is 1. The second kappa shape index (κ2) is 6.48. The highest BCUT2D eigenvalue weighted by molar-refractivity contribution is 5.38. The Balaban J connectivity index is 2.44. The normalized spacial score (nSPS) is 12.2. The minimum absolute atomic E-state index is 0.0248. The lowest BCUT2D eigenvalue weighted by Gasteiger charge is -2.21. The molecule has 2 rings (SSSR count). The summed E-state index contributed by atoms with van der Waals surface area (Å²) >= 11 is 0. The average Bonchev–Trinajstić information content (AvgIpc) is 2.45. The van der Waals surface area contributed by atoms with Crippen molar-refractivity contribution in [1.82, 2.24) is 10.3 Å². The monoisotopic (exact) mass is 274 g/mol. The smallest absolute Gasteiger partial charge is 0.137 e. The Kier molecular flexibility index (Phi) is 4.69. The molecule has 2 aromatic rings. The van der Waals surface area contributed by atoms with E-state index in [1.165, 1.54) is 6.07 Å². The summed E-state index contributed by atoms with van der Waals surface area (Å²) in [6.45, 7) is 4.76. The highest BCUT2D eigenvalue weighted by Crippen LogP contribution is 2.27. The van der Waals surface area contributed by atoms with Gasteiger partial charge in [-0.1, -0.05) is 13.0 Å². The van der Waals surface area contributed by atoms with Crippen LogP contribution in [0.1, 0.15) is 29.7 Å². The molecule has 0 bridgehead atoms. The molecule has 0 aliphatic rings. The van der Waals surface area contributed by atoms with E-state index < -0.39 is 0 Å². The quantitative estimate of drug-likeness (QED) is 0.909. The van der Waals surface area contributed by atoms with E-state index in [-0.39, 0.29) is 11.9 Å². The van der Waals surface area contributed by atoms with Crippen molar-refractivity contribution in [2.75, 3.05) is 13.7 Å². The summed E-state index contributed by atoms with van der Waals surface area (Å²) in [4.78, 5) is 4.19. The third-order valence-electron chi connectivity index (χ3n) is 3.25. The first-order chi connectivity index (χ1) is 9.65. The van der Waals surface area contributed by atoms with Crippen LogP contribution in [0, 0.1) is 12.7 Å². The lowest BCUT2D eigenvalue weighted by molar-refractivity contribution is 0.411. The van der Waals surface area contributed by atoms with Gasteiger partial charge in [-0.25, -0.2) is 4.39 Å². The Morgan fingerprint density at radius 3 is 2.75 bits per heavy atom. The average molecular weight is 274 g/mol. The summed E-state index contributed by atoms with van der Waals surface area (Å²) < 4.78 is 18.5. The second-order valence-electron chi connectivity index (χ2n) is 4.65. The lowest BCUT2D eigenvalue weighted by Crippen LogP contribution is -2.23. The predicted octanol–water partition coefficient (Wildman–Crippen LogP) is 3.24. The van der Waals surface area contributed by atoms with E-state index in [1.54, 1.807) is 25.6 Å². The van der Waals surface area contributed by atoms with Crippen LogP contribution >= 0.6 is 0 Å². The fraction of sp³-hybridized carbons (Fsp3) is 0.312. The van der Waals surface area contributed by atoms with Crippen LogP contribution in [0.3, 0.4) is 0 Å². The van der Waals surface area contributed by atoms with Crippen molar-refractivity contribution in [3.8, 4) is 5.75 Å². The standard InChI is InChI=1S/C16H19FN2O/c1-4-19-16(12-8-14(20-3)10-18-9-12)15-6-5-13(17)7-11(15)2/h5-10,16,19H,4H2,1-3H3. The highest BCUT2D eigenvalue weighted by Gasteiger charge is 2.16. The van der Waals surface area contributed by atoms with Crippen molar-refractivity contribution >= 4 is 0 Å². The van der Waals surface area contributed by atoms with Crippen molar-refractivity contribution in [2.24, 2.45) is 0 Å². The minimum atomic E-state index is -0.217. The van der Waals surface area contributed by atoms with E-state index in [0.717, 1.165) is 23.2 Å². The van der Waals surface area contributed by atoms with Crippen LogP contribution in [-0.4, -0.2) is 18.6 Å². The van der Waals surface area contributed by atoms with Crippen LogP contribution in [0.15, 0.2) is 36.7 Å². The topological polar surface area (TPSA) is 34.2 Å². The first-order valence-corrected chi connectivity index (χ1v) is 6.64. The maximum Gasteiger partial charge on any atom is 0.137 e. The van der Waals surface area contributed by atoms with Crippen LogP contribution in [0.25, 0.3) is 0 Å². The van der Waals surface area contributed by atoms with Crippen molar-refractivity contribution in [2.45, 2.75) is 19.9 Å². The molecule has 0 amide bonds. The van der Waals surface area contributed by atoms with E-state index >= 15 is 0 Å². The van der Waals surface area contributed by atoms with Gasteiger partial charge in [0.15, 0.2) is 0 Å². The molecular formula is C16H19FN2O. The SMILES string of the molecule is CCNC(c1cncc(OC)c1)c1ccc(F)cc1C. The van der Waals surface area contributed by atoms with Gasteiger partial charge in [-0.3, -0.25) is 4.98 Å². The Hall–Kier alpha value is -1.94. The van der Waals surface area contributed by atoms with E-state index in [9.17, 15) is 4.39 Å². The van der Waals surface area contributed by atoms with Gasteiger partial charge in [0.2, 0.25) is 0 Å². The molecule has 1 aromatic carbocycles. The van der Waals surface area contributed by atoms with Crippen LogP contribution in [0.5, 0.6) is 5.75 Å². The molecule has 1 atom stereocenters. The van der Waals surface area contributed by atoms with E-state index in [0.29, 0.717) is 5.75 Å². The van der Waals surface area contributed by atoms with Gasteiger partial charge in [0.25, 0.3) is 0 Å². The Morgan fingerprint density at radius 1 is 1.30 bits per heavy atom. The number of benzene rings is 1. The summed E-state index contributed by atoms with van der Waals surface area (Å²) in [5.41, 5.74) is 2.96. The summed E-state index contributed by atoms with van der Waals surface area (Å²) in [6, 6.07) is 6.77. The molecule has 1 unspecified atom stereocenters. The zero-order valence-electron chi connectivity index (χ0n) is 12.0. The molecule has 4 heteroatoms. The van der Waals surface area contributed by atoms with Gasteiger partial charge < -0.3 is 10.1 Å². The summed E-state index contributed by atoms with van der Waals surface area (Å²) in [7, 11) is 1.62. The molecule has 1 N–H and O–H groups in total. The number of hydrogen-bond acceptors (Lipinski definition) is 3. The Labute approximate surface area is 118 Å². The van der Waals surface area contributed by atoms with E-state index in [4.69, 9.17) is 4.74 Å². The largest absolute Gasteiger partial charge is 0.495 e. The Bertz CT molecular complexity index is 586. The molecule has 0 fully saturated rings. The summed E-state index contributed by atoms with van der Waals surface area (Å²) in [5, 5.41) is 3.41. The second-order valence-corrected chi connectivity index (χ2v) is 4.65. The van der Waals surface area contributed by atoms with Gasteiger partial charge in [-0.05, 0) is 48.4 Å². The van der Waals surface area contributed by atoms with Crippen molar-refractivity contribution in [1.29, 1.82) is 0 Å². The molecule has 0 saturated carbocycles. The minimum Gasteiger partial charge on any atom is -0.495 e. The zero-order chi connectivity index (χ0) is 14.5. The van der Waals surface area contributed by atoms with Gasteiger partial charge in [-0.2, -0.15) is 0 Å². The molecule has 0 saturated heterocycles. The molecular weight excluding hydrogens is 255 g/mol. The lowest BCUT2D eigenvalue weighted by atomic mass is 9.96. The van der Waals surface area contributed by atoms with Crippen LogP contribution < -0.4 is 10.1 Å². The number of nitrogens with one attached hydrogen (secondary N) is 1. The molecule has 0 aliphatic heterocycles. The van der Waals surface area contributed by atoms with Gasteiger partial charge in [0.1, 0.15) is 11.6 Å². The van der Waals surface area contributed by atoms with Crippen molar-refractivity contribution in [3.05, 3.63) is 59.2 Å². The molecule has 1 heterocycles. The number of ether oxygens (including phenoxy) is 1. The number of nitrogens with zero attached hydrogens (tertiary/aromatic N) is 1. The van der Waals surface area contributed by atoms with E-state index in [2.05, 4.69) is 10.3 Å². The molecule has 106 valence electrons. The molecule has 0 radical (unpaired) electrons. The van der Waals surface area contributed by atoms with Crippen LogP contribution in [-0.2, 0) is 0 Å². The molecule has 1 aromatic heterocycles. The van der Waals surface area contributed by atoms with Gasteiger partial charge in [0, 0.05) is 6.20 Å². The van der Waals surface area contributed by atoms with Gasteiger partial charge in [-0.15, -0.1) is 0 Å². The Morgan fingerprint density at radius 2 is 2.10 bits per heavy atom. The summed E-state index contributed by atoms with van der Waals surface area (Å²) in [6.07, 6.45) is 3.47. The maximum absolute atomic E-state index is 13.3. The van der Waals surface area contributed by atoms with E-state index in [1.807, 2.05) is 26.0 Å². The number of aromatic nitrogens is 1. The highest BCUT2D eigenvalue weighted by atomic mass is 19.1. The molecule has 0 aliphatic carbocycles. The summed E-state index contributed by atoms with van der Waals surface area (Å²) in [5.74, 6) is 0.496. The number of pyridine rings is 1. The van der Waals surface area contributed by atoms with Crippen LogP contribution in [0.2, 0.25) is 0 Å². The third-order valence-corrected chi connectivity index (χ3v) is 3.25. The predicted molar refractivity (Wildman–Crippen MR) is 77.4 cm³/mol. The third kappa shape index (κ3) is 3.14.